The number of nitrogens with zero attached hydrogens (tertiary/aromatic N) is 5. The highest BCUT2D eigenvalue weighted by molar-refractivity contribution is 5.60. The van der Waals surface area contributed by atoms with Crippen LogP contribution in [0.1, 0.15) is 11.3 Å². The smallest absolute Gasteiger partial charge is 0.227 e. The number of anilines is 4. The molecule has 2 aromatic carbocycles. The zero-order valence-corrected chi connectivity index (χ0v) is 16.1. The summed E-state index contributed by atoms with van der Waals surface area (Å²) in [7, 11) is 0. The van der Waals surface area contributed by atoms with Crippen molar-refractivity contribution in [3.63, 3.8) is 0 Å². The van der Waals surface area contributed by atoms with Crippen molar-refractivity contribution in [1.29, 1.82) is 5.26 Å². The number of rotatable bonds is 4. The van der Waals surface area contributed by atoms with Crippen LogP contribution in [-0.4, -0.2) is 36.1 Å². The summed E-state index contributed by atoms with van der Waals surface area (Å²) in [4.78, 5) is 13.7. The quantitative estimate of drug-likeness (QED) is 0.732. The SMILES string of the molecule is Cc1cc(Nc2cccc(C#N)c2)nc(N2CCN(c3ccc(F)cc3)CC2)n1. The maximum Gasteiger partial charge on any atom is 0.227 e. The van der Waals surface area contributed by atoms with Crippen LogP contribution < -0.4 is 15.1 Å². The summed E-state index contributed by atoms with van der Waals surface area (Å²) in [5.41, 5.74) is 3.30. The molecule has 1 aliphatic heterocycles. The number of hydrogen-bond donors (Lipinski definition) is 1. The lowest BCUT2D eigenvalue weighted by Crippen LogP contribution is -2.47. The van der Waals surface area contributed by atoms with Crippen LogP contribution in [-0.2, 0) is 0 Å². The van der Waals surface area contributed by atoms with Gasteiger partial charge in [-0.2, -0.15) is 10.2 Å². The van der Waals surface area contributed by atoms with Crippen LogP contribution in [0.4, 0.5) is 27.5 Å². The van der Waals surface area contributed by atoms with E-state index in [0.717, 1.165) is 43.2 Å². The van der Waals surface area contributed by atoms with Crippen molar-refractivity contribution in [2.24, 2.45) is 0 Å². The molecule has 0 saturated carbocycles. The first kappa shape index (κ1) is 18.7. The summed E-state index contributed by atoms with van der Waals surface area (Å²) >= 11 is 0. The van der Waals surface area contributed by atoms with Gasteiger partial charge in [0.15, 0.2) is 0 Å². The molecule has 0 bridgehead atoms. The molecule has 6 nitrogen and oxygen atoms in total. The predicted octanol–water partition coefficient (Wildman–Crippen LogP) is 3.87. The fraction of sp³-hybridized carbons (Fsp3) is 0.227. The van der Waals surface area contributed by atoms with Crippen LogP contribution in [0.2, 0.25) is 0 Å². The molecule has 1 N–H and O–H groups in total. The number of hydrogen-bond acceptors (Lipinski definition) is 6. The third-order valence-corrected chi connectivity index (χ3v) is 4.86. The Kier molecular flexibility index (Phi) is 5.25. The minimum absolute atomic E-state index is 0.221. The third kappa shape index (κ3) is 4.43. The molecule has 1 aromatic heterocycles. The van der Waals surface area contributed by atoms with Crippen molar-refractivity contribution in [3.05, 3.63) is 71.7 Å². The van der Waals surface area contributed by atoms with Crippen LogP contribution in [0.3, 0.4) is 0 Å². The van der Waals surface area contributed by atoms with E-state index in [1.165, 1.54) is 12.1 Å². The second-order valence-corrected chi connectivity index (χ2v) is 6.96. The average molecular weight is 388 g/mol. The van der Waals surface area contributed by atoms with Gasteiger partial charge in [0.1, 0.15) is 11.6 Å². The zero-order valence-electron chi connectivity index (χ0n) is 16.1. The highest BCUT2D eigenvalue weighted by Crippen LogP contribution is 2.22. The van der Waals surface area contributed by atoms with E-state index in [0.29, 0.717) is 17.3 Å². The van der Waals surface area contributed by atoms with Crippen molar-refractivity contribution in [3.8, 4) is 6.07 Å². The average Bonchev–Trinajstić information content (AvgIpc) is 2.74. The maximum atomic E-state index is 13.1. The Bertz CT molecular complexity index is 1040. The summed E-state index contributed by atoms with van der Waals surface area (Å²) in [6.45, 7) is 5.14. The van der Waals surface area contributed by atoms with E-state index in [1.54, 1.807) is 12.1 Å². The maximum absolute atomic E-state index is 13.1. The van der Waals surface area contributed by atoms with Crippen molar-refractivity contribution in [1.82, 2.24) is 9.97 Å². The van der Waals surface area contributed by atoms with Gasteiger partial charge in [-0.3, -0.25) is 0 Å². The van der Waals surface area contributed by atoms with Crippen LogP contribution in [0.25, 0.3) is 0 Å². The summed E-state index contributed by atoms with van der Waals surface area (Å²) in [6.07, 6.45) is 0. The molecular weight excluding hydrogens is 367 g/mol. The summed E-state index contributed by atoms with van der Waals surface area (Å²) < 4.78 is 13.1. The molecule has 0 spiro atoms. The Balaban J connectivity index is 1.46. The van der Waals surface area contributed by atoms with Gasteiger partial charge < -0.3 is 15.1 Å². The Morgan fingerprint density at radius 3 is 2.41 bits per heavy atom. The summed E-state index contributed by atoms with van der Waals surface area (Å²) in [6, 6.07) is 17.9. The van der Waals surface area contributed by atoms with E-state index in [9.17, 15) is 4.39 Å². The molecule has 1 fully saturated rings. The van der Waals surface area contributed by atoms with E-state index < -0.39 is 0 Å². The summed E-state index contributed by atoms with van der Waals surface area (Å²) in [5, 5.41) is 12.3. The first-order chi connectivity index (χ1) is 14.1. The molecule has 0 atom stereocenters. The molecule has 4 rings (SSSR count). The molecule has 0 aliphatic carbocycles. The highest BCUT2D eigenvalue weighted by atomic mass is 19.1. The first-order valence-electron chi connectivity index (χ1n) is 9.49. The van der Waals surface area contributed by atoms with Crippen molar-refractivity contribution >= 4 is 23.1 Å². The van der Waals surface area contributed by atoms with Gasteiger partial charge in [-0.1, -0.05) is 6.07 Å². The number of nitrogens with one attached hydrogen (secondary N) is 1. The normalized spacial score (nSPS) is 13.8. The van der Waals surface area contributed by atoms with Gasteiger partial charge in [0.05, 0.1) is 11.6 Å². The highest BCUT2D eigenvalue weighted by Gasteiger charge is 2.20. The van der Waals surface area contributed by atoms with Crippen LogP contribution in [0.15, 0.2) is 54.6 Å². The summed E-state index contributed by atoms with van der Waals surface area (Å²) in [5.74, 6) is 1.16. The standard InChI is InChI=1S/C22H21FN6/c1-16-13-21(26-19-4-2-3-17(14-19)15-24)27-22(25-16)29-11-9-28(10-12-29)20-7-5-18(23)6-8-20/h2-8,13-14H,9-12H2,1H3,(H,25,26,27). The topological polar surface area (TPSA) is 68.1 Å². The number of benzene rings is 2. The molecule has 2 heterocycles. The second-order valence-electron chi connectivity index (χ2n) is 6.96. The molecule has 3 aromatic rings. The lowest BCUT2D eigenvalue weighted by Gasteiger charge is -2.36. The van der Waals surface area contributed by atoms with E-state index >= 15 is 0 Å². The zero-order chi connectivity index (χ0) is 20.2. The van der Waals surface area contributed by atoms with Gasteiger partial charge in [0.25, 0.3) is 0 Å². The monoisotopic (exact) mass is 388 g/mol. The number of halogens is 1. The molecule has 0 unspecified atom stereocenters. The van der Waals surface area contributed by atoms with Gasteiger partial charge in [0.2, 0.25) is 5.95 Å². The fourth-order valence-corrected chi connectivity index (χ4v) is 3.39. The van der Waals surface area contributed by atoms with E-state index in [1.807, 2.05) is 37.3 Å². The van der Waals surface area contributed by atoms with E-state index in [-0.39, 0.29) is 5.82 Å². The lowest BCUT2D eigenvalue weighted by molar-refractivity contribution is 0.623. The molecule has 0 radical (unpaired) electrons. The lowest BCUT2D eigenvalue weighted by atomic mass is 10.2. The van der Waals surface area contributed by atoms with Gasteiger partial charge >= 0.3 is 0 Å². The van der Waals surface area contributed by atoms with Gasteiger partial charge in [-0.15, -0.1) is 0 Å². The van der Waals surface area contributed by atoms with Crippen LogP contribution >= 0.6 is 0 Å². The van der Waals surface area contributed by atoms with Crippen molar-refractivity contribution < 1.29 is 4.39 Å². The molecule has 7 heteroatoms. The van der Waals surface area contributed by atoms with Gasteiger partial charge in [-0.25, -0.2) is 9.37 Å². The van der Waals surface area contributed by atoms with Crippen LogP contribution in [0.5, 0.6) is 0 Å². The molecular formula is C22H21FN6. The Labute approximate surface area is 169 Å². The number of nitriles is 1. The largest absolute Gasteiger partial charge is 0.368 e. The number of aryl methyl sites for hydroxylation is 1. The molecule has 1 aliphatic rings. The predicted molar refractivity (Wildman–Crippen MR) is 112 cm³/mol. The number of piperazine rings is 1. The molecule has 146 valence electrons. The Morgan fingerprint density at radius 1 is 0.966 bits per heavy atom. The second kappa shape index (κ2) is 8.15. The van der Waals surface area contributed by atoms with Crippen molar-refractivity contribution in [2.75, 3.05) is 41.3 Å². The Hall–Kier alpha value is -3.66. The third-order valence-electron chi connectivity index (χ3n) is 4.86. The van der Waals surface area contributed by atoms with Crippen molar-refractivity contribution in [2.45, 2.75) is 6.92 Å². The number of aromatic nitrogens is 2. The minimum Gasteiger partial charge on any atom is -0.368 e. The van der Waals surface area contributed by atoms with Gasteiger partial charge in [0, 0.05) is 49.3 Å². The molecule has 29 heavy (non-hydrogen) atoms. The van der Waals surface area contributed by atoms with E-state index in [2.05, 4.69) is 31.2 Å². The van der Waals surface area contributed by atoms with Crippen LogP contribution in [0, 0.1) is 24.1 Å². The van der Waals surface area contributed by atoms with E-state index in [4.69, 9.17) is 5.26 Å². The fourth-order valence-electron chi connectivity index (χ4n) is 3.39. The first-order valence-corrected chi connectivity index (χ1v) is 9.49. The Morgan fingerprint density at radius 2 is 1.69 bits per heavy atom. The molecule has 0 amide bonds. The van der Waals surface area contributed by atoms with Gasteiger partial charge in [-0.05, 0) is 49.4 Å². The molecule has 1 saturated heterocycles. The minimum atomic E-state index is -0.221.